The van der Waals surface area contributed by atoms with Crippen LogP contribution in [0.3, 0.4) is 0 Å². The Bertz CT molecular complexity index is 1020. The van der Waals surface area contributed by atoms with Crippen LogP contribution in [0.4, 0.5) is 15.8 Å². The summed E-state index contributed by atoms with van der Waals surface area (Å²) in [4.78, 5) is 17.1. The molecule has 0 radical (unpaired) electrons. The van der Waals surface area contributed by atoms with Crippen molar-refractivity contribution < 1.29 is 4.39 Å². The number of rotatable bonds is 4. The highest BCUT2D eigenvalue weighted by molar-refractivity contribution is 6.33. The van der Waals surface area contributed by atoms with E-state index in [9.17, 15) is 9.18 Å². The highest BCUT2D eigenvalue weighted by Crippen LogP contribution is 2.24. The van der Waals surface area contributed by atoms with Gasteiger partial charge in [-0.3, -0.25) is 4.79 Å². The van der Waals surface area contributed by atoms with Gasteiger partial charge in [0, 0.05) is 31.9 Å². The zero-order valence-corrected chi connectivity index (χ0v) is 16.7. The van der Waals surface area contributed by atoms with E-state index in [-0.39, 0.29) is 16.4 Å². The van der Waals surface area contributed by atoms with Gasteiger partial charge in [0.05, 0.1) is 18.4 Å². The van der Waals surface area contributed by atoms with Crippen LogP contribution in [0, 0.1) is 5.82 Å². The zero-order chi connectivity index (χ0) is 20.2. The second kappa shape index (κ2) is 8.66. The first-order valence-electron chi connectivity index (χ1n) is 9.67. The molecule has 150 valence electrons. The Labute approximate surface area is 173 Å². The molecule has 4 rings (SSSR count). The molecule has 2 heterocycles. The van der Waals surface area contributed by atoms with E-state index in [1.54, 1.807) is 18.3 Å². The summed E-state index contributed by atoms with van der Waals surface area (Å²) in [6.45, 7) is 3.49. The van der Waals surface area contributed by atoms with E-state index < -0.39 is 0 Å². The molecule has 2 aromatic carbocycles. The van der Waals surface area contributed by atoms with E-state index in [4.69, 9.17) is 11.6 Å². The van der Waals surface area contributed by atoms with Gasteiger partial charge in [0.25, 0.3) is 5.56 Å². The third kappa shape index (κ3) is 4.43. The largest absolute Gasteiger partial charge is 0.370 e. The first-order valence-corrected chi connectivity index (χ1v) is 10.0. The van der Waals surface area contributed by atoms with Crippen LogP contribution in [-0.4, -0.2) is 36.0 Å². The molecule has 5 nitrogen and oxygen atoms in total. The van der Waals surface area contributed by atoms with Crippen LogP contribution in [0.1, 0.15) is 12.0 Å². The van der Waals surface area contributed by atoms with Crippen LogP contribution >= 0.6 is 11.6 Å². The Kier molecular flexibility index (Phi) is 5.81. The summed E-state index contributed by atoms with van der Waals surface area (Å²) < 4.78 is 14.6. The standard InChI is InChI=1S/C22H22ClFN4O/c23-21-20(15-25-28(22(21)29)16-17-5-2-1-3-6-17)27-12-4-11-26(13-14-27)19-9-7-18(24)8-10-19/h1-3,5-10,15H,4,11-14,16H2. The quantitative estimate of drug-likeness (QED) is 0.653. The van der Waals surface area contributed by atoms with Crippen molar-refractivity contribution in [1.82, 2.24) is 9.78 Å². The predicted molar refractivity (Wildman–Crippen MR) is 114 cm³/mol. The minimum absolute atomic E-state index is 0.200. The fraction of sp³-hybridized carbons (Fsp3) is 0.273. The van der Waals surface area contributed by atoms with Crippen molar-refractivity contribution in [3.05, 3.63) is 87.6 Å². The van der Waals surface area contributed by atoms with Crippen molar-refractivity contribution in [1.29, 1.82) is 0 Å². The summed E-state index contributed by atoms with van der Waals surface area (Å²) in [6.07, 6.45) is 2.58. The highest BCUT2D eigenvalue weighted by atomic mass is 35.5. The second-order valence-electron chi connectivity index (χ2n) is 7.10. The molecule has 1 aliphatic heterocycles. The highest BCUT2D eigenvalue weighted by Gasteiger charge is 2.20. The van der Waals surface area contributed by atoms with Crippen molar-refractivity contribution >= 4 is 23.0 Å². The lowest BCUT2D eigenvalue weighted by molar-refractivity contribution is 0.627. The van der Waals surface area contributed by atoms with Gasteiger partial charge in [-0.15, -0.1) is 0 Å². The SMILES string of the molecule is O=c1c(Cl)c(N2CCCN(c3ccc(F)cc3)CC2)cnn1Cc1ccccc1. The van der Waals surface area contributed by atoms with Gasteiger partial charge >= 0.3 is 0 Å². The first-order chi connectivity index (χ1) is 14.1. The molecule has 0 N–H and O–H groups in total. The lowest BCUT2D eigenvalue weighted by atomic mass is 10.2. The molecule has 1 saturated heterocycles. The molecule has 0 atom stereocenters. The molecule has 1 aromatic heterocycles. The van der Waals surface area contributed by atoms with Crippen LogP contribution in [-0.2, 0) is 6.54 Å². The average molecular weight is 413 g/mol. The van der Waals surface area contributed by atoms with Gasteiger partial charge in [-0.2, -0.15) is 5.10 Å². The normalized spacial score (nSPS) is 14.7. The first kappa shape index (κ1) is 19.5. The van der Waals surface area contributed by atoms with E-state index in [2.05, 4.69) is 14.9 Å². The number of aromatic nitrogens is 2. The Morgan fingerprint density at radius 1 is 0.931 bits per heavy atom. The predicted octanol–water partition coefficient (Wildman–Crippen LogP) is 3.80. The molecule has 0 unspecified atom stereocenters. The minimum atomic E-state index is -0.285. The Morgan fingerprint density at radius 2 is 1.62 bits per heavy atom. The second-order valence-corrected chi connectivity index (χ2v) is 7.47. The molecule has 29 heavy (non-hydrogen) atoms. The number of benzene rings is 2. The van der Waals surface area contributed by atoms with Gasteiger partial charge in [-0.05, 0) is 36.2 Å². The van der Waals surface area contributed by atoms with Crippen LogP contribution in [0.2, 0.25) is 5.02 Å². The molecule has 0 bridgehead atoms. The molecule has 0 amide bonds. The Morgan fingerprint density at radius 3 is 2.38 bits per heavy atom. The van der Waals surface area contributed by atoms with Crippen molar-refractivity contribution in [2.75, 3.05) is 36.0 Å². The molecule has 3 aromatic rings. The van der Waals surface area contributed by atoms with Gasteiger partial charge < -0.3 is 9.80 Å². The summed E-state index contributed by atoms with van der Waals surface area (Å²) in [5, 5.41) is 4.55. The smallest absolute Gasteiger partial charge is 0.287 e. The number of halogens is 2. The number of anilines is 2. The third-order valence-corrected chi connectivity index (χ3v) is 5.53. The van der Waals surface area contributed by atoms with E-state index in [1.165, 1.54) is 16.8 Å². The summed E-state index contributed by atoms with van der Waals surface area (Å²) in [5.74, 6) is -0.237. The molecular weight excluding hydrogens is 391 g/mol. The van der Waals surface area contributed by atoms with Crippen LogP contribution in [0.5, 0.6) is 0 Å². The van der Waals surface area contributed by atoms with E-state index in [0.717, 1.165) is 37.3 Å². The lowest BCUT2D eigenvalue weighted by Crippen LogP contribution is -2.33. The van der Waals surface area contributed by atoms with Gasteiger partial charge in [0.15, 0.2) is 0 Å². The molecule has 7 heteroatoms. The van der Waals surface area contributed by atoms with E-state index in [1.807, 2.05) is 30.3 Å². The summed E-state index contributed by atoms with van der Waals surface area (Å²) in [5.41, 5.74) is 2.38. The Balaban J connectivity index is 1.50. The van der Waals surface area contributed by atoms with Gasteiger partial charge in [0.2, 0.25) is 0 Å². The molecule has 0 saturated carbocycles. The molecule has 0 aliphatic carbocycles. The van der Waals surface area contributed by atoms with Gasteiger partial charge in [-0.1, -0.05) is 41.9 Å². The Hall–Kier alpha value is -2.86. The minimum Gasteiger partial charge on any atom is -0.370 e. The monoisotopic (exact) mass is 412 g/mol. The van der Waals surface area contributed by atoms with Crippen molar-refractivity contribution in [3.63, 3.8) is 0 Å². The van der Waals surface area contributed by atoms with Crippen molar-refractivity contribution in [3.8, 4) is 0 Å². The van der Waals surface area contributed by atoms with Crippen LogP contribution in [0.25, 0.3) is 0 Å². The summed E-state index contributed by atoms with van der Waals surface area (Å²) in [7, 11) is 0. The molecule has 1 aliphatic rings. The topological polar surface area (TPSA) is 41.4 Å². The van der Waals surface area contributed by atoms with E-state index in [0.29, 0.717) is 18.8 Å². The van der Waals surface area contributed by atoms with Crippen molar-refractivity contribution in [2.45, 2.75) is 13.0 Å². The summed E-state index contributed by atoms with van der Waals surface area (Å²) >= 11 is 6.45. The fourth-order valence-electron chi connectivity index (χ4n) is 3.61. The molecule has 1 fully saturated rings. The van der Waals surface area contributed by atoms with Gasteiger partial charge in [0.1, 0.15) is 10.8 Å². The van der Waals surface area contributed by atoms with E-state index >= 15 is 0 Å². The van der Waals surface area contributed by atoms with Crippen LogP contribution < -0.4 is 15.4 Å². The number of hydrogen-bond donors (Lipinski definition) is 0. The molecular formula is C22H22ClFN4O. The molecule has 0 spiro atoms. The zero-order valence-electron chi connectivity index (χ0n) is 16.0. The third-order valence-electron chi connectivity index (χ3n) is 5.17. The summed E-state index contributed by atoms with van der Waals surface area (Å²) in [6, 6.07) is 16.2. The number of hydrogen-bond acceptors (Lipinski definition) is 4. The maximum atomic E-state index is 13.2. The maximum absolute atomic E-state index is 13.2. The lowest BCUT2D eigenvalue weighted by Gasteiger charge is -2.25. The number of nitrogens with zero attached hydrogens (tertiary/aromatic N) is 4. The van der Waals surface area contributed by atoms with Gasteiger partial charge in [-0.25, -0.2) is 9.07 Å². The fourth-order valence-corrected chi connectivity index (χ4v) is 3.88. The van der Waals surface area contributed by atoms with Crippen molar-refractivity contribution in [2.24, 2.45) is 0 Å². The van der Waals surface area contributed by atoms with Crippen LogP contribution in [0.15, 0.2) is 65.6 Å². The maximum Gasteiger partial charge on any atom is 0.287 e. The average Bonchev–Trinajstić information content (AvgIpc) is 2.99.